The quantitative estimate of drug-likeness (QED) is 0.641. The topological polar surface area (TPSA) is 115 Å². The van der Waals surface area contributed by atoms with E-state index in [9.17, 15) is 20.0 Å². The van der Waals surface area contributed by atoms with Gasteiger partial charge in [-0.15, -0.1) is 0 Å². The van der Waals surface area contributed by atoms with Crippen LogP contribution in [0.2, 0.25) is 0 Å². The van der Waals surface area contributed by atoms with E-state index < -0.39 is 23.1 Å². The Labute approximate surface area is 180 Å². The molecule has 0 bridgehead atoms. The van der Waals surface area contributed by atoms with Crippen LogP contribution >= 0.6 is 0 Å². The lowest BCUT2D eigenvalue weighted by Crippen LogP contribution is -2.61. The molecule has 31 heavy (non-hydrogen) atoms. The number of esters is 1. The van der Waals surface area contributed by atoms with Gasteiger partial charge in [0.25, 0.3) is 0 Å². The van der Waals surface area contributed by atoms with Crippen molar-refractivity contribution in [1.82, 2.24) is 10.4 Å². The number of urea groups is 1. The molecule has 3 rings (SSSR count). The average Bonchev–Trinajstić information content (AvgIpc) is 2.93. The second kappa shape index (κ2) is 8.50. The lowest BCUT2D eigenvalue weighted by molar-refractivity contribution is -0.141. The largest absolute Gasteiger partial charge is 0.463 e. The number of ether oxygens (including phenoxy) is 1. The van der Waals surface area contributed by atoms with Gasteiger partial charge in [0.1, 0.15) is 0 Å². The van der Waals surface area contributed by atoms with Gasteiger partial charge in [-0.2, -0.15) is 5.26 Å². The van der Waals surface area contributed by atoms with Crippen molar-refractivity contribution < 1.29 is 19.4 Å². The van der Waals surface area contributed by atoms with Crippen LogP contribution in [-0.2, 0) is 14.9 Å². The monoisotopic (exact) mass is 420 g/mol. The summed E-state index contributed by atoms with van der Waals surface area (Å²) in [5.41, 5.74) is -0.114. The fourth-order valence-corrected chi connectivity index (χ4v) is 3.93. The minimum Gasteiger partial charge on any atom is -0.463 e. The van der Waals surface area contributed by atoms with Crippen molar-refractivity contribution >= 4 is 17.7 Å². The molecule has 1 heterocycles. The van der Waals surface area contributed by atoms with Crippen molar-refractivity contribution in [3.05, 3.63) is 77.5 Å². The van der Waals surface area contributed by atoms with Gasteiger partial charge in [-0.25, -0.2) is 15.0 Å². The first-order valence-corrected chi connectivity index (χ1v) is 9.80. The SMILES string of the molecule is CCOC(=O)C1=C(C)N(NC(=O)Nc2ccccc2)C(C)(O)C1(C#N)c1ccccc1. The van der Waals surface area contributed by atoms with Crippen LogP contribution in [-0.4, -0.2) is 34.4 Å². The molecule has 2 unspecified atom stereocenters. The zero-order chi connectivity index (χ0) is 22.6. The summed E-state index contributed by atoms with van der Waals surface area (Å²) in [6.07, 6.45) is 0. The summed E-state index contributed by atoms with van der Waals surface area (Å²) in [5.74, 6) is -0.738. The number of benzene rings is 2. The Hall–Kier alpha value is -3.83. The molecule has 8 nitrogen and oxygen atoms in total. The van der Waals surface area contributed by atoms with E-state index >= 15 is 0 Å². The number of aliphatic hydroxyl groups is 1. The number of amides is 2. The van der Waals surface area contributed by atoms with E-state index in [-0.39, 0.29) is 17.9 Å². The number of hydrazine groups is 1. The first-order valence-electron chi connectivity index (χ1n) is 9.80. The third kappa shape index (κ3) is 3.60. The number of anilines is 1. The number of allylic oxidation sites excluding steroid dienone is 1. The smallest absolute Gasteiger partial charge is 0.338 e. The summed E-state index contributed by atoms with van der Waals surface area (Å²) in [5, 5.41) is 25.7. The third-order valence-electron chi connectivity index (χ3n) is 5.32. The lowest BCUT2D eigenvalue weighted by atomic mass is 9.69. The Morgan fingerprint density at radius 2 is 1.71 bits per heavy atom. The minimum atomic E-state index is -2.00. The summed E-state index contributed by atoms with van der Waals surface area (Å²) in [4.78, 5) is 25.6. The van der Waals surface area contributed by atoms with Gasteiger partial charge < -0.3 is 15.2 Å². The van der Waals surface area contributed by atoms with E-state index in [1.807, 2.05) is 6.07 Å². The summed E-state index contributed by atoms with van der Waals surface area (Å²) < 4.78 is 5.20. The number of para-hydroxylation sites is 1. The molecule has 2 atom stereocenters. The molecule has 2 amide bonds. The van der Waals surface area contributed by atoms with E-state index in [1.54, 1.807) is 68.4 Å². The highest BCUT2D eigenvalue weighted by molar-refractivity contribution is 5.95. The molecular formula is C23H24N4O4. The van der Waals surface area contributed by atoms with Crippen LogP contribution in [0, 0.1) is 11.3 Å². The van der Waals surface area contributed by atoms with Gasteiger partial charge in [-0.05, 0) is 38.5 Å². The van der Waals surface area contributed by atoms with Gasteiger partial charge in [0.15, 0.2) is 11.1 Å². The van der Waals surface area contributed by atoms with Crippen molar-refractivity contribution in [2.24, 2.45) is 0 Å². The standard InChI is InChI=1S/C23H24N4O4/c1-4-31-20(28)19-16(2)27(26-21(29)25-18-13-9-6-10-14-18)22(3,30)23(19,15-24)17-11-7-5-8-12-17/h5-14,30H,4H2,1-3H3,(H2,25,26,29). The highest BCUT2D eigenvalue weighted by Gasteiger charge is 2.64. The molecule has 0 aliphatic carbocycles. The highest BCUT2D eigenvalue weighted by atomic mass is 16.5. The zero-order valence-electron chi connectivity index (χ0n) is 17.5. The van der Waals surface area contributed by atoms with Crippen LogP contribution in [0.5, 0.6) is 0 Å². The minimum absolute atomic E-state index is 0.0342. The summed E-state index contributed by atoms with van der Waals surface area (Å²) in [6, 6.07) is 18.7. The van der Waals surface area contributed by atoms with Crippen molar-refractivity contribution in [2.75, 3.05) is 11.9 Å². The number of hydrogen-bond acceptors (Lipinski definition) is 6. The van der Waals surface area contributed by atoms with Crippen molar-refractivity contribution in [3.63, 3.8) is 0 Å². The van der Waals surface area contributed by atoms with Crippen molar-refractivity contribution in [2.45, 2.75) is 31.9 Å². The number of carbonyl (C=O) groups is 2. The Bertz CT molecular complexity index is 1040. The second-order valence-electron chi connectivity index (χ2n) is 7.20. The van der Waals surface area contributed by atoms with Gasteiger partial charge in [-0.3, -0.25) is 5.01 Å². The molecule has 0 radical (unpaired) electrons. The maximum atomic E-state index is 12.9. The van der Waals surface area contributed by atoms with Crippen LogP contribution in [0.4, 0.5) is 10.5 Å². The summed E-state index contributed by atoms with van der Waals surface area (Å²) in [6.45, 7) is 4.67. The summed E-state index contributed by atoms with van der Waals surface area (Å²) >= 11 is 0. The fourth-order valence-electron chi connectivity index (χ4n) is 3.93. The van der Waals surface area contributed by atoms with E-state index in [2.05, 4.69) is 16.8 Å². The normalized spacial score (nSPS) is 22.6. The fraction of sp³-hybridized carbons (Fsp3) is 0.261. The van der Waals surface area contributed by atoms with Crippen LogP contribution in [0.15, 0.2) is 71.9 Å². The number of rotatable bonds is 5. The van der Waals surface area contributed by atoms with Crippen LogP contribution in [0.1, 0.15) is 26.3 Å². The van der Waals surface area contributed by atoms with E-state index in [0.29, 0.717) is 11.3 Å². The predicted molar refractivity (Wildman–Crippen MR) is 114 cm³/mol. The van der Waals surface area contributed by atoms with Crippen LogP contribution in [0.25, 0.3) is 0 Å². The zero-order valence-corrected chi connectivity index (χ0v) is 17.5. The molecule has 0 aromatic heterocycles. The van der Waals surface area contributed by atoms with Crippen molar-refractivity contribution in [3.8, 4) is 6.07 Å². The molecular weight excluding hydrogens is 396 g/mol. The second-order valence-corrected chi connectivity index (χ2v) is 7.20. The molecule has 0 saturated heterocycles. The molecule has 1 aliphatic heterocycles. The van der Waals surface area contributed by atoms with Gasteiger partial charge in [0.05, 0.1) is 18.2 Å². The van der Waals surface area contributed by atoms with Crippen LogP contribution in [0.3, 0.4) is 0 Å². The molecule has 0 spiro atoms. The predicted octanol–water partition coefficient (Wildman–Crippen LogP) is 3.05. The maximum Gasteiger partial charge on any atom is 0.338 e. The Kier molecular flexibility index (Phi) is 5.99. The highest BCUT2D eigenvalue weighted by Crippen LogP contribution is 2.51. The number of nitrogens with zero attached hydrogens (tertiary/aromatic N) is 2. The first-order chi connectivity index (χ1) is 14.8. The molecule has 2 aromatic carbocycles. The van der Waals surface area contributed by atoms with Gasteiger partial charge in [0, 0.05) is 11.4 Å². The number of nitrogens with one attached hydrogen (secondary N) is 2. The Morgan fingerprint density at radius 1 is 1.13 bits per heavy atom. The molecule has 2 aromatic rings. The molecule has 3 N–H and O–H groups in total. The number of nitriles is 1. The average molecular weight is 420 g/mol. The first kappa shape index (κ1) is 21.9. The van der Waals surface area contributed by atoms with E-state index in [4.69, 9.17) is 4.74 Å². The molecule has 0 saturated carbocycles. The molecule has 160 valence electrons. The molecule has 0 fully saturated rings. The van der Waals surface area contributed by atoms with Gasteiger partial charge in [0.2, 0.25) is 0 Å². The number of carbonyl (C=O) groups excluding carboxylic acids is 2. The van der Waals surface area contributed by atoms with Gasteiger partial charge >= 0.3 is 12.0 Å². The Balaban J connectivity index is 2.07. The Morgan fingerprint density at radius 3 is 2.26 bits per heavy atom. The third-order valence-corrected chi connectivity index (χ3v) is 5.32. The van der Waals surface area contributed by atoms with E-state index in [0.717, 1.165) is 5.01 Å². The maximum absolute atomic E-state index is 12.9. The van der Waals surface area contributed by atoms with E-state index in [1.165, 1.54) is 6.92 Å². The summed E-state index contributed by atoms with van der Waals surface area (Å²) in [7, 11) is 0. The molecule has 1 aliphatic rings. The molecule has 8 heteroatoms. The van der Waals surface area contributed by atoms with Crippen molar-refractivity contribution in [1.29, 1.82) is 5.26 Å². The lowest BCUT2D eigenvalue weighted by Gasteiger charge is -2.41. The number of hydrogen-bond donors (Lipinski definition) is 3. The van der Waals surface area contributed by atoms with Gasteiger partial charge in [-0.1, -0.05) is 48.5 Å². The van der Waals surface area contributed by atoms with Crippen LogP contribution < -0.4 is 10.7 Å².